The number of likely N-dealkylation sites (N-methyl/N-ethyl adjacent to an activating group) is 1. The first-order valence-corrected chi connectivity index (χ1v) is 10.4. The van der Waals surface area contributed by atoms with Crippen LogP contribution < -0.4 is 5.32 Å². The van der Waals surface area contributed by atoms with Gasteiger partial charge in [-0.15, -0.1) is 12.4 Å². The molecule has 1 amide bonds. The van der Waals surface area contributed by atoms with E-state index in [0.29, 0.717) is 37.5 Å². The Balaban J connectivity index is 0.00000243. The van der Waals surface area contributed by atoms with E-state index in [-0.39, 0.29) is 24.4 Å². The zero-order valence-electron chi connectivity index (χ0n) is 15.4. The van der Waals surface area contributed by atoms with Crippen LogP contribution in [0.15, 0.2) is 23.1 Å². The SMILES string of the molecule is CNC1CCCN(S(=O)(=O)c2ccc3c(c2)CCN(C(C)=O)CC3)C1.Cl. The van der Waals surface area contributed by atoms with E-state index in [4.69, 9.17) is 0 Å². The third kappa shape index (κ3) is 4.39. The second-order valence-corrected chi connectivity index (χ2v) is 8.87. The minimum atomic E-state index is -3.47. The third-order valence-electron chi connectivity index (χ3n) is 5.36. The van der Waals surface area contributed by atoms with Crippen molar-refractivity contribution in [2.45, 2.75) is 43.5 Å². The number of nitrogens with zero attached hydrogens (tertiary/aromatic N) is 2. The molecule has 1 fully saturated rings. The predicted octanol–water partition coefficient (Wildman–Crippen LogP) is 1.43. The summed E-state index contributed by atoms with van der Waals surface area (Å²) >= 11 is 0. The molecule has 6 nitrogen and oxygen atoms in total. The maximum Gasteiger partial charge on any atom is 0.243 e. The van der Waals surface area contributed by atoms with Crippen molar-refractivity contribution in [2.24, 2.45) is 0 Å². The molecule has 2 aliphatic heterocycles. The fraction of sp³-hybridized carbons (Fsp3) is 0.611. The number of nitrogens with one attached hydrogen (secondary N) is 1. The van der Waals surface area contributed by atoms with Gasteiger partial charge in [-0.25, -0.2) is 8.42 Å². The number of carbonyl (C=O) groups excluding carboxylic acids is 1. The summed E-state index contributed by atoms with van der Waals surface area (Å²) in [5.41, 5.74) is 2.20. The van der Waals surface area contributed by atoms with Crippen molar-refractivity contribution in [1.82, 2.24) is 14.5 Å². The van der Waals surface area contributed by atoms with Gasteiger partial charge in [-0.3, -0.25) is 4.79 Å². The molecule has 8 heteroatoms. The highest BCUT2D eigenvalue weighted by Crippen LogP contribution is 2.25. The molecule has 1 atom stereocenters. The molecule has 2 heterocycles. The van der Waals surface area contributed by atoms with Crippen LogP contribution in [0.4, 0.5) is 0 Å². The fourth-order valence-electron chi connectivity index (χ4n) is 3.72. The Bertz CT molecular complexity index is 754. The number of rotatable bonds is 3. The number of carbonyl (C=O) groups is 1. The molecule has 1 N–H and O–H groups in total. The van der Waals surface area contributed by atoms with Crippen LogP contribution in [0, 0.1) is 0 Å². The van der Waals surface area contributed by atoms with Crippen LogP contribution in [0.3, 0.4) is 0 Å². The molecule has 1 aromatic rings. The summed E-state index contributed by atoms with van der Waals surface area (Å²) in [7, 11) is -1.59. The molecule has 0 bridgehead atoms. The standard InChI is InChI=1S/C18H27N3O3S.ClH/c1-14(22)20-10-7-15-5-6-18(12-16(15)8-11-20)25(23,24)21-9-3-4-17(13-21)19-2;/h5-6,12,17,19H,3-4,7-11,13H2,1-2H3;1H. The van der Waals surface area contributed by atoms with Gasteiger partial charge >= 0.3 is 0 Å². The van der Waals surface area contributed by atoms with E-state index in [1.165, 1.54) is 0 Å². The smallest absolute Gasteiger partial charge is 0.243 e. The molecule has 0 saturated carbocycles. The number of hydrogen-bond donors (Lipinski definition) is 1. The van der Waals surface area contributed by atoms with Crippen LogP contribution in [0.25, 0.3) is 0 Å². The minimum absolute atomic E-state index is 0. The molecule has 1 aromatic carbocycles. The van der Waals surface area contributed by atoms with E-state index >= 15 is 0 Å². The maximum atomic E-state index is 13.0. The number of fused-ring (bicyclic) bond motifs is 1. The first-order chi connectivity index (χ1) is 11.9. The van der Waals surface area contributed by atoms with Crippen molar-refractivity contribution in [3.05, 3.63) is 29.3 Å². The predicted molar refractivity (Wildman–Crippen MR) is 104 cm³/mol. The Morgan fingerprint density at radius 1 is 1.15 bits per heavy atom. The lowest BCUT2D eigenvalue weighted by atomic mass is 10.0. The van der Waals surface area contributed by atoms with Crippen molar-refractivity contribution in [3.63, 3.8) is 0 Å². The van der Waals surface area contributed by atoms with Crippen LogP contribution >= 0.6 is 12.4 Å². The van der Waals surface area contributed by atoms with Gasteiger partial charge in [-0.05, 0) is 56.0 Å². The number of halogens is 1. The van der Waals surface area contributed by atoms with Crippen molar-refractivity contribution >= 4 is 28.3 Å². The molecule has 2 aliphatic rings. The van der Waals surface area contributed by atoms with Gasteiger partial charge in [0.05, 0.1) is 4.90 Å². The minimum Gasteiger partial charge on any atom is -0.342 e. The third-order valence-corrected chi connectivity index (χ3v) is 7.22. The summed E-state index contributed by atoms with van der Waals surface area (Å²) < 4.78 is 27.6. The summed E-state index contributed by atoms with van der Waals surface area (Å²) in [5, 5.41) is 3.19. The van der Waals surface area contributed by atoms with Gasteiger partial charge in [0.15, 0.2) is 0 Å². The van der Waals surface area contributed by atoms with Gasteiger partial charge < -0.3 is 10.2 Å². The highest BCUT2D eigenvalue weighted by Gasteiger charge is 2.30. The Morgan fingerprint density at radius 3 is 2.50 bits per heavy atom. The molecular weight excluding hydrogens is 374 g/mol. The Kier molecular flexibility index (Phi) is 7.07. The van der Waals surface area contributed by atoms with Gasteiger partial charge in [0.25, 0.3) is 0 Å². The van der Waals surface area contributed by atoms with E-state index in [0.717, 1.165) is 30.4 Å². The largest absolute Gasteiger partial charge is 0.342 e. The van der Waals surface area contributed by atoms with Crippen LogP contribution in [0.1, 0.15) is 30.9 Å². The second kappa shape index (κ2) is 8.69. The fourth-order valence-corrected chi connectivity index (χ4v) is 5.30. The quantitative estimate of drug-likeness (QED) is 0.831. The molecule has 0 aromatic heterocycles. The Labute approximate surface area is 162 Å². The van der Waals surface area contributed by atoms with Crippen molar-refractivity contribution < 1.29 is 13.2 Å². The van der Waals surface area contributed by atoms with Gasteiger partial charge in [-0.1, -0.05) is 6.07 Å². The van der Waals surface area contributed by atoms with Crippen molar-refractivity contribution in [1.29, 1.82) is 0 Å². The monoisotopic (exact) mass is 401 g/mol. The number of piperidine rings is 1. The van der Waals surface area contributed by atoms with E-state index in [9.17, 15) is 13.2 Å². The zero-order valence-corrected chi connectivity index (χ0v) is 17.0. The molecule has 0 radical (unpaired) electrons. The highest BCUT2D eigenvalue weighted by atomic mass is 35.5. The Hall–Kier alpha value is -1.15. The molecule has 1 saturated heterocycles. The number of amides is 1. The van der Waals surface area contributed by atoms with Crippen molar-refractivity contribution in [3.8, 4) is 0 Å². The highest BCUT2D eigenvalue weighted by molar-refractivity contribution is 7.89. The van der Waals surface area contributed by atoms with E-state index in [1.807, 2.05) is 24.1 Å². The van der Waals surface area contributed by atoms with Crippen LogP contribution in [0.2, 0.25) is 0 Å². The van der Waals surface area contributed by atoms with E-state index < -0.39 is 10.0 Å². The van der Waals surface area contributed by atoms with Crippen LogP contribution in [0.5, 0.6) is 0 Å². The lowest BCUT2D eigenvalue weighted by Crippen LogP contribution is -2.46. The summed E-state index contributed by atoms with van der Waals surface area (Å²) in [6, 6.07) is 5.68. The molecule has 0 aliphatic carbocycles. The average molecular weight is 402 g/mol. The lowest BCUT2D eigenvalue weighted by Gasteiger charge is -2.31. The first-order valence-electron chi connectivity index (χ1n) is 8.96. The molecule has 146 valence electrons. The molecule has 0 spiro atoms. The normalized spacial score (nSPS) is 21.5. The molecule has 3 rings (SSSR count). The summed E-state index contributed by atoms with van der Waals surface area (Å²) in [4.78, 5) is 13.8. The molecule has 1 unspecified atom stereocenters. The zero-order chi connectivity index (χ0) is 18.0. The number of hydrogen-bond acceptors (Lipinski definition) is 4. The summed E-state index contributed by atoms with van der Waals surface area (Å²) in [5.74, 6) is 0.0760. The second-order valence-electron chi connectivity index (χ2n) is 6.93. The van der Waals surface area contributed by atoms with Gasteiger partial charge in [-0.2, -0.15) is 4.31 Å². The van der Waals surface area contributed by atoms with Gasteiger partial charge in [0, 0.05) is 39.1 Å². The van der Waals surface area contributed by atoms with Crippen LogP contribution in [-0.2, 0) is 27.7 Å². The average Bonchev–Trinajstić information content (AvgIpc) is 2.83. The maximum absolute atomic E-state index is 13.0. The topological polar surface area (TPSA) is 69.7 Å². The molecular formula is C18H28ClN3O3S. The Morgan fingerprint density at radius 2 is 1.85 bits per heavy atom. The summed E-state index contributed by atoms with van der Waals surface area (Å²) in [6.07, 6.45) is 3.37. The lowest BCUT2D eigenvalue weighted by molar-refractivity contribution is -0.128. The van der Waals surface area contributed by atoms with Gasteiger partial charge in [0.2, 0.25) is 15.9 Å². The van der Waals surface area contributed by atoms with Crippen molar-refractivity contribution in [2.75, 3.05) is 33.2 Å². The first kappa shape index (κ1) is 21.2. The van der Waals surface area contributed by atoms with E-state index in [2.05, 4.69) is 5.32 Å². The van der Waals surface area contributed by atoms with Gasteiger partial charge in [0.1, 0.15) is 0 Å². The molecule has 26 heavy (non-hydrogen) atoms. The van der Waals surface area contributed by atoms with E-state index in [1.54, 1.807) is 17.3 Å². The van der Waals surface area contributed by atoms with Crippen LogP contribution in [-0.4, -0.2) is 62.8 Å². The summed E-state index contributed by atoms with van der Waals surface area (Å²) in [6.45, 7) is 4.03. The number of benzene rings is 1. The number of sulfonamides is 1.